The van der Waals surface area contributed by atoms with E-state index in [2.05, 4.69) is 67.3 Å². The van der Waals surface area contributed by atoms with Gasteiger partial charge in [0.25, 0.3) is 0 Å². The third-order valence-corrected chi connectivity index (χ3v) is 6.10. The topological polar surface area (TPSA) is 20.3 Å². The number of rotatable bonds is 6. The fourth-order valence-electron chi connectivity index (χ4n) is 3.83. The Hall–Kier alpha value is -1.74. The number of aryl methyl sites for hydroxylation is 2. The highest BCUT2D eigenvalue weighted by Crippen LogP contribution is 2.23. The number of carbonyl (C=O) groups excluding carboxylic acids is 1. The van der Waals surface area contributed by atoms with Crippen LogP contribution in [0.5, 0.6) is 0 Å². The molecule has 1 aliphatic rings. The van der Waals surface area contributed by atoms with Gasteiger partial charge < -0.3 is 4.90 Å². The van der Waals surface area contributed by atoms with Crippen LogP contribution in [0.2, 0.25) is 0 Å². The van der Waals surface area contributed by atoms with Crippen molar-refractivity contribution in [3.8, 4) is 0 Å². The molecule has 3 heteroatoms. The molecule has 0 atom stereocenters. The third-order valence-electron chi connectivity index (χ3n) is 5.11. The molecule has 0 aliphatic carbocycles. The Morgan fingerprint density at radius 2 is 1.65 bits per heavy atom. The van der Waals surface area contributed by atoms with Gasteiger partial charge in [0.1, 0.15) is 0 Å². The molecule has 1 aliphatic heterocycles. The summed E-state index contributed by atoms with van der Waals surface area (Å²) in [5, 5.41) is 0. The number of thioether (sulfide) groups is 1. The van der Waals surface area contributed by atoms with E-state index in [1.807, 2.05) is 0 Å². The van der Waals surface area contributed by atoms with Gasteiger partial charge in [-0.05, 0) is 50.2 Å². The van der Waals surface area contributed by atoms with Gasteiger partial charge in [0.2, 0.25) is 5.91 Å². The monoisotopic (exact) mass is 367 g/mol. The van der Waals surface area contributed by atoms with Gasteiger partial charge in [0.05, 0.1) is 5.75 Å². The Labute approximate surface area is 162 Å². The minimum Gasteiger partial charge on any atom is -0.342 e. The minimum atomic E-state index is 0.303. The van der Waals surface area contributed by atoms with E-state index >= 15 is 0 Å². The van der Waals surface area contributed by atoms with Crippen molar-refractivity contribution in [3.63, 3.8) is 0 Å². The van der Waals surface area contributed by atoms with Crippen LogP contribution in [0.3, 0.4) is 0 Å². The van der Waals surface area contributed by atoms with Gasteiger partial charge in [-0.25, -0.2) is 0 Å². The zero-order valence-electron chi connectivity index (χ0n) is 15.9. The van der Waals surface area contributed by atoms with Crippen LogP contribution in [-0.2, 0) is 17.0 Å². The van der Waals surface area contributed by atoms with E-state index < -0.39 is 0 Å². The number of nitrogens with zero attached hydrogens (tertiary/aromatic N) is 1. The Kier molecular flexibility index (Phi) is 6.79. The molecule has 1 fully saturated rings. The van der Waals surface area contributed by atoms with Gasteiger partial charge >= 0.3 is 0 Å². The van der Waals surface area contributed by atoms with Gasteiger partial charge in [-0.3, -0.25) is 4.79 Å². The summed E-state index contributed by atoms with van der Waals surface area (Å²) in [7, 11) is 0. The lowest BCUT2D eigenvalue weighted by Crippen LogP contribution is -2.39. The van der Waals surface area contributed by atoms with Crippen molar-refractivity contribution in [1.82, 2.24) is 4.90 Å². The van der Waals surface area contributed by atoms with E-state index in [0.29, 0.717) is 17.6 Å². The SMILES string of the molecule is Cc1cc(C)cc(CSCC(=O)N2CCC(Cc3ccccc3)CC2)c1. The molecule has 0 N–H and O–H groups in total. The highest BCUT2D eigenvalue weighted by molar-refractivity contribution is 7.99. The molecular weight excluding hydrogens is 338 g/mol. The van der Waals surface area contributed by atoms with E-state index in [9.17, 15) is 4.79 Å². The molecule has 1 saturated heterocycles. The summed E-state index contributed by atoms with van der Waals surface area (Å²) < 4.78 is 0. The predicted molar refractivity (Wildman–Crippen MR) is 112 cm³/mol. The van der Waals surface area contributed by atoms with Crippen LogP contribution in [0.4, 0.5) is 0 Å². The van der Waals surface area contributed by atoms with Crippen molar-refractivity contribution >= 4 is 17.7 Å². The molecule has 26 heavy (non-hydrogen) atoms. The summed E-state index contributed by atoms with van der Waals surface area (Å²) in [6.07, 6.45) is 3.40. The number of benzene rings is 2. The van der Waals surface area contributed by atoms with Gasteiger partial charge in [0.15, 0.2) is 0 Å². The molecule has 0 saturated carbocycles. The van der Waals surface area contributed by atoms with Crippen LogP contribution in [0.1, 0.15) is 35.1 Å². The van der Waals surface area contributed by atoms with Crippen LogP contribution >= 0.6 is 11.8 Å². The van der Waals surface area contributed by atoms with E-state index in [-0.39, 0.29) is 0 Å². The molecular formula is C23H29NOS. The zero-order chi connectivity index (χ0) is 18.4. The summed E-state index contributed by atoms with van der Waals surface area (Å²) >= 11 is 1.74. The number of carbonyl (C=O) groups is 1. The Bertz CT molecular complexity index is 700. The lowest BCUT2D eigenvalue weighted by molar-refractivity contribution is -0.129. The number of hydrogen-bond acceptors (Lipinski definition) is 2. The molecule has 2 aromatic rings. The maximum Gasteiger partial charge on any atom is 0.232 e. The summed E-state index contributed by atoms with van der Waals surface area (Å²) in [5.41, 5.74) is 5.34. The van der Waals surface area contributed by atoms with Gasteiger partial charge in [-0.15, -0.1) is 11.8 Å². The molecule has 0 radical (unpaired) electrons. The summed E-state index contributed by atoms with van der Waals surface area (Å²) in [4.78, 5) is 14.6. The number of likely N-dealkylation sites (tertiary alicyclic amines) is 1. The van der Waals surface area contributed by atoms with E-state index in [0.717, 1.165) is 38.1 Å². The normalized spacial score (nSPS) is 15.2. The smallest absolute Gasteiger partial charge is 0.232 e. The molecule has 2 nitrogen and oxygen atoms in total. The van der Waals surface area contributed by atoms with Crippen molar-refractivity contribution in [2.75, 3.05) is 18.8 Å². The lowest BCUT2D eigenvalue weighted by Gasteiger charge is -2.32. The largest absolute Gasteiger partial charge is 0.342 e. The predicted octanol–water partition coefficient (Wildman–Crippen LogP) is 5.02. The fraction of sp³-hybridized carbons (Fsp3) is 0.435. The number of piperidine rings is 1. The van der Waals surface area contributed by atoms with Gasteiger partial charge in [-0.1, -0.05) is 59.7 Å². The molecule has 0 spiro atoms. The van der Waals surface area contributed by atoms with Crippen LogP contribution in [0.25, 0.3) is 0 Å². The molecule has 0 bridgehead atoms. The van der Waals surface area contributed by atoms with E-state index in [1.165, 1.54) is 22.3 Å². The first-order valence-corrected chi connectivity index (χ1v) is 10.7. The lowest BCUT2D eigenvalue weighted by atomic mass is 9.90. The highest BCUT2D eigenvalue weighted by atomic mass is 32.2. The van der Waals surface area contributed by atoms with Crippen molar-refractivity contribution in [2.24, 2.45) is 5.92 Å². The molecule has 2 aromatic carbocycles. The first kappa shape index (κ1) is 19.0. The molecule has 0 aromatic heterocycles. The van der Waals surface area contributed by atoms with E-state index in [1.54, 1.807) is 11.8 Å². The maximum absolute atomic E-state index is 12.5. The van der Waals surface area contributed by atoms with Crippen molar-refractivity contribution < 1.29 is 4.79 Å². The second-order valence-corrected chi connectivity index (χ2v) is 8.49. The molecule has 138 valence electrons. The van der Waals surface area contributed by atoms with Crippen LogP contribution in [0.15, 0.2) is 48.5 Å². The zero-order valence-corrected chi connectivity index (χ0v) is 16.7. The quantitative estimate of drug-likeness (QED) is 0.715. The standard InChI is InChI=1S/C23H29NOS/c1-18-12-19(2)14-22(13-18)16-26-17-23(25)24-10-8-21(9-11-24)15-20-6-4-3-5-7-20/h3-7,12-14,21H,8-11,15-17H2,1-2H3. The Morgan fingerprint density at radius 1 is 1.00 bits per heavy atom. The average molecular weight is 368 g/mol. The van der Waals surface area contributed by atoms with Gasteiger partial charge in [0, 0.05) is 18.8 Å². The minimum absolute atomic E-state index is 0.303. The van der Waals surface area contributed by atoms with Crippen LogP contribution in [0, 0.1) is 19.8 Å². The molecule has 1 amide bonds. The molecule has 3 rings (SSSR count). The van der Waals surface area contributed by atoms with Gasteiger partial charge in [-0.2, -0.15) is 0 Å². The Morgan fingerprint density at radius 3 is 2.31 bits per heavy atom. The number of hydrogen-bond donors (Lipinski definition) is 0. The summed E-state index contributed by atoms with van der Waals surface area (Å²) in [5.74, 6) is 2.52. The second kappa shape index (κ2) is 9.27. The first-order valence-electron chi connectivity index (χ1n) is 9.57. The summed E-state index contributed by atoms with van der Waals surface area (Å²) in [6, 6.07) is 17.3. The Balaban J connectivity index is 1.39. The summed E-state index contributed by atoms with van der Waals surface area (Å²) in [6.45, 7) is 6.10. The maximum atomic E-state index is 12.5. The molecule has 0 unspecified atom stereocenters. The van der Waals surface area contributed by atoms with Crippen LogP contribution < -0.4 is 0 Å². The first-order chi connectivity index (χ1) is 12.6. The van der Waals surface area contributed by atoms with Crippen molar-refractivity contribution in [3.05, 3.63) is 70.8 Å². The second-order valence-electron chi connectivity index (χ2n) is 7.50. The third kappa shape index (κ3) is 5.63. The molecule has 1 heterocycles. The van der Waals surface area contributed by atoms with Crippen molar-refractivity contribution in [2.45, 2.75) is 38.9 Å². The fourth-order valence-corrected chi connectivity index (χ4v) is 4.70. The average Bonchev–Trinajstić information content (AvgIpc) is 2.62. The van der Waals surface area contributed by atoms with E-state index in [4.69, 9.17) is 0 Å². The highest BCUT2D eigenvalue weighted by Gasteiger charge is 2.22. The van der Waals surface area contributed by atoms with Crippen LogP contribution in [-0.4, -0.2) is 29.6 Å². The van der Waals surface area contributed by atoms with Crippen molar-refractivity contribution in [1.29, 1.82) is 0 Å². The number of amides is 1.